The summed E-state index contributed by atoms with van der Waals surface area (Å²) in [5, 5.41) is 0. The van der Waals surface area contributed by atoms with Gasteiger partial charge >= 0.3 is 0 Å². The first-order valence-corrected chi connectivity index (χ1v) is 8.50. The van der Waals surface area contributed by atoms with Crippen molar-refractivity contribution in [3.05, 3.63) is 54.1 Å². The van der Waals surface area contributed by atoms with Crippen LogP contribution in [-0.4, -0.2) is 27.0 Å². The van der Waals surface area contributed by atoms with E-state index in [4.69, 9.17) is 9.47 Å². The number of hydrogen-bond donors (Lipinski definition) is 2. The van der Waals surface area contributed by atoms with Gasteiger partial charge in [-0.15, -0.1) is 4.83 Å². The van der Waals surface area contributed by atoms with Crippen molar-refractivity contribution in [2.24, 2.45) is 0 Å². The van der Waals surface area contributed by atoms with Gasteiger partial charge < -0.3 is 9.47 Å². The Labute approximate surface area is 141 Å². The highest BCUT2D eigenvalue weighted by molar-refractivity contribution is 7.89. The third-order valence-corrected chi connectivity index (χ3v) is 4.56. The molecule has 25 heavy (non-hydrogen) atoms. The molecule has 0 radical (unpaired) electrons. The maximum Gasteiger partial charge on any atom is 0.279 e. The summed E-state index contributed by atoms with van der Waals surface area (Å²) in [7, 11) is -4.28. The third-order valence-electron chi connectivity index (χ3n) is 3.31. The Morgan fingerprint density at radius 1 is 1.08 bits per heavy atom. The first-order valence-electron chi connectivity index (χ1n) is 7.02. The Morgan fingerprint density at radius 3 is 2.52 bits per heavy atom. The van der Waals surface area contributed by atoms with Crippen LogP contribution in [0.2, 0.25) is 0 Å². The largest absolute Gasteiger partial charge is 0.485 e. The molecule has 0 aliphatic carbocycles. The molecule has 1 atom stereocenters. The Kier molecular flexibility index (Phi) is 4.55. The van der Waals surface area contributed by atoms with Gasteiger partial charge in [0.25, 0.3) is 15.9 Å². The molecule has 1 amide bonds. The fraction of sp³-hybridized carbons (Fsp3) is 0.133. The fourth-order valence-corrected chi connectivity index (χ4v) is 2.91. The van der Waals surface area contributed by atoms with Crippen molar-refractivity contribution in [2.75, 3.05) is 6.61 Å². The van der Waals surface area contributed by atoms with Gasteiger partial charge in [0.15, 0.2) is 23.1 Å². The molecule has 132 valence electrons. The average Bonchev–Trinajstić information content (AvgIpc) is 2.61. The van der Waals surface area contributed by atoms with Crippen LogP contribution in [0.25, 0.3) is 0 Å². The maximum absolute atomic E-state index is 13.1. The van der Waals surface area contributed by atoms with Crippen molar-refractivity contribution in [2.45, 2.75) is 11.0 Å². The van der Waals surface area contributed by atoms with E-state index in [1.165, 1.54) is 0 Å². The van der Waals surface area contributed by atoms with Crippen molar-refractivity contribution in [3.63, 3.8) is 0 Å². The number of benzene rings is 2. The summed E-state index contributed by atoms with van der Waals surface area (Å²) in [6.07, 6.45) is -1.08. The highest BCUT2D eigenvalue weighted by Crippen LogP contribution is 2.30. The SMILES string of the molecule is O=C(NNS(=O)(=O)c1ccc(F)c(F)c1)[C@@H]1COc2ccccc2O1. The molecule has 0 bridgehead atoms. The lowest BCUT2D eigenvalue weighted by Gasteiger charge is -2.25. The topological polar surface area (TPSA) is 93.7 Å². The molecule has 0 unspecified atom stereocenters. The number of carbonyl (C=O) groups excluding carboxylic acids is 1. The monoisotopic (exact) mass is 370 g/mol. The van der Waals surface area contributed by atoms with Crippen molar-refractivity contribution < 1.29 is 31.5 Å². The van der Waals surface area contributed by atoms with Gasteiger partial charge in [-0.2, -0.15) is 0 Å². The van der Waals surface area contributed by atoms with Crippen LogP contribution in [0.1, 0.15) is 0 Å². The second kappa shape index (κ2) is 6.65. The van der Waals surface area contributed by atoms with Gasteiger partial charge in [-0.3, -0.25) is 10.2 Å². The summed E-state index contributed by atoms with van der Waals surface area (Å²) < 4.78 is 60.8. The quantitative estimate of drug-likeness (QED) is 0.787. The minimum atomic E-state index is -4.28. The number of ether oxygens (including phenoxy) is 2. The van der Waals surface area contributed by atoms with Gasteiger partial charge in [0.1, 0.15) is 6.61 Å². The van der Waals surface area contributed by atoms with Gasteiger partial charge in [0.2, 0.25) is 6.10 Å². The molecule has 1 heterocycles. The molecule has 2 N–H and O–H groups in total. The zero-order valence-corrected chi connectivity index (χ0v) is 13.3. The van der Waals surface area contributed by atoms with E-state index in [0.717, 1.165) is 6.07 Å². The van der Waals surface area contributed by atoms with E-state index in [0.29, 0.717) is 23.6 Å². The summed E-state index contributed by atoms with van der Waals surface area (Å²) in [5.41, 5.74) is 1.96. The minimum Gasteiger partial charge on any atom is -0.485 e. The van der Waals surface area contributed by atoms with E-state index in [1.807, 2.05) is 5.43 Å². The Hall–Kier alpha value is -2.72. The smallest absolute Gasteiger partial charge is 0.279 e. The number of hydrogen-bond acceptors (Lipinski definition) is 5. The summed E-state index contributed by atoms with van der Waals surface area (Å²) in [6.45, 7) is -0.115. The van der Waals surface area contributed by atoms with Gasteiger partial charge in [0.05, 0.1) is 4.90 Å². The molecule has 0 saturated heterocycles. The van der Waals surface area contributed by atoms with Crippen LogP contribution in [-0.2, 0) is 14.8 Å². The molecular weight excluding hydrogens is 358 g/mol. The van der Waals surface area contributed by atoms with E-state index >= 15 is 0 Å². The highest BCUT2D eigenvalue weighted by atomic mass is 32.2. The molecular formula is C15H12F2N2O5S. The number of rotatable bonds is 4. The molecule has 0 spiro atoms. The van der Waals surface area contributed by atoms with Crippen LogP contribution in [0.5, 0.6) is 11.5 Å². The second-order valence-corrected chi connectivity index (χ2v) is 6.72. The van der Waals surface area contributed by atoms with E-state index in [9.17, 15) is 22.0 Å². The molecule has 7 nitrogen and oxygen atoms in total. The maximum atomic E-state index is 13.1. The number of fused-ring (bicyclic) bond motifs is 1. The van der Waals surface area contributed by atoms with Crippen LogP contribution in [0.4, 0.5) is 8.78 Å². The number of nitrogens with one attached hydrogen (secondary N) is 2. The molecule has 2 aromatic rings. The first kappa shape index (κ1) is 17.1. The second-order valence-electron chi connectivity index (χ2n) is 5.03. The van der Waals surface area contributed by atoms with Gasteiger partial charge in [-0.05, 0) is 30.3 Å². The molecule has 3 rings (SSSR count). The lowest BCUT2D eigenvalue weighted by molar-refractivity contribution is -0.130. The lowest BCUT2D eigenvalue weighted by Crippen LogP contribution is -2.50. The molecule has 1 aliphatic heterocycles. The number of sulfonamides is 1. The zero-order chi connectivity index (χ0) is 18.0. The van der Waals surface area contributed by atoms with Crippen LogP contribution in [0, 0.1) is 11.6 Å². The molecule has 2 aromatic carbocycles. The normalized spacial score (nSPS) is 16.3. The van der Waals surface area contributed by atoms with E-state index in [-0.39, 0.29) is 6.61 Å². The van der Waals surface area contributed by atoms with Crippen LogP contribution in [0.3, 0.4) is 0 Å². The highest BCUT2D eigenvalue weighted by Gasteiger charge is 2.28. The number of carbonyl (C=O) groups is 1. The van der Waals surface area contributed by atoms with Crippen LogP contribution >= 0.6 is 0 Å². The molecule has 0 aromatic heterocycles. The number of para-hydroxylation sites is 2. The molecule has 0 saturated carbocycles. The van der Waals surface area contributed by atoms with E-state index < -0.39 is 38.6 Å². The Bertz CT molecular complexity index is 920. The van der Waals surface area contributed by atoms with Crippen molar-refractivity contribution in [1.82, 2.24) is 10.3 Å². The number of amides is 1. The predicted octanol–water partition coefficient (Wildman–Crippen LogP) is 1.11. The van der Waals surface area contributed by atoms with Gasteiger partial charge in [-0.1, -0.05) is 12.1 Å². The summed E-state index contributed by atoms with van der Waals surface area (Å²) in [4.78, 5) is 13.3. The summed E-state index contributed by atoms with van der Waals surface area (Å²) >= 11 is 0. The molecule has 1 aliphatic rings. The predicted molar refractivity (Wildman–Crippen MR) is 81.2 cm³/mol. The van der Waals surface area contributed by atoms with Crippen LogP contribution in [0.15, 0.2) is 47.4 Å². The van der Waals surface area contributed by atoms with Crippen molar-refractivity contribution in [3.8, 4) is 11.5 Å². The third kappa shape index (κ3) is 3.69. The standard InChI is InChI=1S/C15H12F2N2O5S/c16-10-6-5-9(7-11(10)17)25(21,22)19-18-15(20)14-8-23-12-3-1-2-4-13(12)24-14/h1-7,14,19H,8H2,(H,18,20)/t14-/m0/s1. The number of hydrazine groups is 1. The van der Waals surface area contributed by atoms with Gasteiger partial charge in [0, 0.05) is 0 Å². The van der Waals surface area contributed by atoms with Crippen molar-refractivity contribution >= 4 is 15.9 Å². The molecule has 0 fully saturated rings. The van der Waals surface area contributed by atoms with Crippen LogP contribution < -0.4 is 19.7 Å². The number of halogens is 2. The Morgan fingerprint density at radius 2 is 1.80 bits per heavy atom. The zero-order valence-electron chi connectivity index (χ0n) is 12.5. The minimum absolute atomic E-state index is 0.115. The Balaban J connectivity index is 1.65. The summed E-state index contributed by atoms with van der Waals surface area (Å²) in [6, 6.07) is 8.71. The van der Waals surface area contributed by atoms with Gasteiger partial charge in [-0.25, -0.2) is 17.2 Å². The first-order chi connectivity index (χ1) is 11.9. The summed E-state index contributed by atoms with van der Waals surface area (Å²) in [5.74, 6) is -2.50. The fourth-order valence-electron chi connectivity index (χ4n) is 2.05. The lowest BCUT2D eigenvalue weighted by atomic mass is 10.2. The molecule has 10 heteroatoms. The average molecular weight is 370 g/mol. The van der Waals surface area contributed by atoms with E-state index in [2.05, 4.69) is 0 Å². The van der Waals surface area contributed by atoms with Crippen molar-refractivity contribution in [1.29, 1.82) is 0 Å². The van der Waals surface area contributed by atoms with E-state index in [1.54, 1.807) is 29.1 Å².